The molecule has 0 spiro atoms. The van der Waals surface area contributed by atoms with Crippen LogP contribution in [-0.2, 0) is 0 Å². The van der Waals surface area contributed by atoms with E-state index >= 15 is 0 Å². The fourth-order valence-electron chi connectivity index (χ4n) is 2.16. The number of aromatic nitrogens is 2. The van der Waals surface area contributed by atoms with Crippen LogP contribution in [0.3, 0.4) is 0 Å². The summed E-state index contributed by atoms with van der Waals surface area (Å²) in [6.07, 6.45) is 4.20. The highest BCUT2D eigenvalue weighted by Gasteiger charge is 2.28. The van der Waals surface area contributed by atoms with E-state index in [1.165, 1.54) is 0 Å². The Morgan fingerprint density at radius 2 is 1.88 bits per heavy atom. The predicted molar refractivity (Wildman–Crippen MR) is 70.4 cm³/mol. The van der Waals surface area contributed by atoms with Crippen molar-refractivity contribution in [3.63, 3.8) is 0 Å². The summed E-state index contributed by atoms with van der Waals surface area (Å²) in [4.78, 5) is 11.3. The summed E-state index contributed by atoms with van der Waals surface area (Å²) in [6.45, 7) is 8.41. The number of nitrogens with zero attached hydrogens (tertiary/aromatic N) is 3. The molecule has 94 valence electrons. The maximum Gasteiger partial charge on any atom is 0.147 e. The summed E-state index contributed by atoms with van der Waals surface area (Å²) < 4.78 is 0. The highest BCUT2D eigenvalue weighted by Crippen LogP contribution is 2.24. The first kappa shape index (κ1) is 12.3. The second-order valence-corrected chi connectivity index (χ2v) is 5.20. The molecule has 0 aliphatic carbocycles. The van der Waals surface area contributed by atoms with Crippen LogP contribution in [0.15, 0.2) is 6.20 Å². The molecule has 2 heterocycles. The van der Waals surface area contributed by atoms with Gasteiger partial charge in [0.2, 0.25) is 0 Å². The maximum atomic E-state index is 4.61. The Morgan fingerprint density at radius 1 is 1.24 bits per heavy atom. The number of anilines is 1. The lowest BCUT2D eigenvalue weighted by molar-refractivity contribution is 0.304. The van der Waals surface area contributed by atoms with E-state index in [4.69, 9.17) is 0 Å². The van der Waals surface area contributed by atoms with Crippen molar-refractivity contribution in [3.8, 4) is 0 Å². The molecule has 2 rings (SSSR count). The molecular weight excluding hydrogens is 212 g/mol. The van der Waals surface area contributed by atoms with Gasteiger partial charge in [0.1, 0.15) is 5.82 Å². The average molecular weight is 234 g/mol. The summed E-state index contributed by atoms with van der Waals surface area (Å²) in [5.74, 6) is 1.02. The van der Waals surface area contributed by atoms with Gasteiger partial charge in [-0.2, -0.15) is 0 Å². The zero-order chi connectivity index (χ0) is 12.5. The number of piperidine rings is 1. The average Bonchev–Trinajstić information content (AvgIpc) is 2.34. The topological polar surface area (TPSA) is 41.0 Å². The standard InChI is InChI=1S/C13H22N4/c1-10-11(2)16-12(9-15-10)17-7-5-13(3,14-4)6-8-17/h9,14H,5-8H2,1-4H3. The Morgan fingerprint density at radius 3 is 2.41 bits per heavy atom. The van der Waals surface area contributed by atoms with Crippen LogP contribution in [0, 0.1) is 13.8 Å². The first-order valence-electron chi connectivity index (χ1n) is 6.28. The molecule has 1 N–H and O–H groups in total. The summed E-state index contributed by atoms with van der Waals surface area (Å²) in [6, 6.07) is 0. The van der Waals surface area contributed by atoms with Crippen molar-refractivity contribution in [2.24, 2.45) is 0 Å². The maximum absolute atomic E-state index is 4.61. The molecule has 1 fully saturated rings. The second kappa shape index (κ2) is 4.61. The zero-order valence-electron chi connectivity index (χ0n) is 11.2. The molecule has 1 aliphatic rings. The monoisotopic (exact) mass is 234 g/mol. The van der Waals surface area contributed by atoms with Crippen molar-refractivity contribution in [2.45, 2.75) is 39.2 Å². The third-order valence-electron chi connectivity index (χ3n) is 3.97. The Hall–Kier alpha value is -1.16. The fourth-order valence-corrected chi connectivity index (χ4v) is 2.16. The van der Waals surface area contributed by atoms with E-state index in [0.717, 1.165) is 43.1 Å². The van der Waals surface area contributed by atoms with E-state index in [1.807, 2.05) is 27.1 Å². The van der Waals surface area contributed by atoms with Gasteiger partial charge in [-0.3, -0.25) is 4.98 Å². The van der Waals surface area contributed by atoms with E-state index in [-0.39, 0.29) is 5.54 Å². The van der Waals surface area contributed by atoms with Crippen molar-refractivity contribution in [1.29, 1.82) is 0 Å². The van der Waals surface area contributed by atoms with Crippen molar-refractivity contribution in [2.75, 3.05) is 25.0 Å². The van der Waals surface area contributed by atoms with Crippen LogP contribution < -0.4 is 10.2 Å². The second-order valence-electron chi connectivity index (χ2n) is 5.20. The minimum absolute atomic E-state index is 0.281. The van der Waals surface area contributed by atoms with Crippen molar-refractivity contribution >= 4 is 5.82 Å². The van der Waals surface area contributed by atoms with Gasteiger partial charge in [0.05, 0.1) is 17.6 Å². The molecule has 0 unspecified atom stereocenters. The first-order chi connectivity index (χ1) is 8.04. The third kappa shape index (κ3) is 2.57. The molecule has 1 saturated heterocycles. The van der Waals surface area contributed by atoms with Gasteiger partial charge in [-0.25, -0.2) is 4.98 Å². The van der Waals surface area contributed by atoms with Gasteiger partial charge in [0.15, 0.2) is 0 Å². The summed E-state index contributed by atoms with van der Waals surface area (Å²) in [5, 5.41) is 3.41. The molecule has 0 bridgehead atoms. The third-order valence-corrected chi connectivity index (χ3v) is 3.97. The van der Waals surface area contributed by atoms with Gasteiger partial charge in [-0.1, -0.05) is 0 Å². The van der Waals surface area contributed by atoms with Gasteiger partial charge in [0, 0.05) is 18.6 Å². The number of rotatable bonds is 2. The van der Waals surface area contributed by atoms with Crippen LogP contribution in [0.4, 0.5) is 5.82 Å². The highest BCUT2D eigenvalue weighted by atomic mass is 15.2. The van der Waals surface area contributed by atoms with Crippen molar-refractivity contribution < 1.29 is 0 Å². The Bertz CT molecular complexity index is 394. The molecule has 0 saturated carbocycles. The van der Waals surface area contributed by atoms with Gasteiger partial charge in [0.25, 0.3) is 0 Å². The van der Waals surface area contributed by atoms with E-state index < -0.39 is 0 Å². The predicted octanol–water partition coefficient (Wildman–Crippen LogP) is 1.67. The molecule has 0 atom stereocenters. The number of aryl methyl sites for hydroxylation is 2. The molecule has 17 heavy (non-hydrogen) atoms. The van der Waals surface area contributed by atoms with Crippen LogP contribution in [0.25, 0.3) is 0 Å². The van der Waals surface area contributed by atoms with Gasteiger partial charge in [-0.05, 0) is 40.7 Å². The minimum Gasteiger partial charge on any atom is -0.355 e. The van der Waals surface area contributed by atoms with Gasteiger partial charge in [-0.15, -0.1) is 0 Å². The first-order valence-corrected chi connectivity index (χ1v) is 6.28. The van der Waals surface area contributed by atoms with E-state index in [2.05, 4.69) is 27.1 Å². The smallest absolute Gasteiger partial charge is 0.147 e. The zero-order valence-corrected chi connectivity index (χ0v) is 11.2. The van der Waals surface area contributed by atoms with E-state index in [9.17, 15) is 0 Å². The molecular formula is C13H22N4. The summed E-state index contributed by atoms with van der Waals surface area (Å²) in [7, 11) is 2.05. The number of nitrogens with one attached hydrogen (secondary N) is 1. The highest BCUT2D eigenvalue weighted by molar-refractivity contribution is 5.38. The molecule has 1 aliphatic heterocycles. The molecule has 4 nitrogen and oxygen atoms in total. The lowest BCUT2D eigenvalue weighted by Crippen LogP contribution is -2.50. The van der Waals surface area contributed by atoms with E-state index in [0.29, 0.717) is 0 Å². The SMILES string of the molecule is CNC1(C)CCN(c2cnc(C)c(C)n2)CC1. The quantitative estimate of drug-likeness (QED) is 0.845. The normalized spacial score (nSPS) is 19.4. The minimum atomic E-state index is 0.281. The van der Waals surface area contributed by atoms with Crippen LogP contribution in [0.2, 0.25) is 0 Å². The van der Waals surface area contributed by atoms with Gasteiger partial charge >= 0.3 is 0 Å². The lowest BCUT2D eigenvalue weighted by atomic mass is 9.90. The van der Waals surface area contributed by atoms with Crippen molar-refractivity contribution in [1.82, 2.24) is 15.3 Å². The molecule has 0 amide bonds. The number of hydrogen-bond donors (Lipinski definition) is 1. The summed E-state index contributed by atoms with van der Waals surface area (Å²) in [5.41, 5.74) is 2.33. The molecule has 0 aromatic carbocycles. The Labute approximate surface area is 103 Å². The Balaban J connectivity index is 2.08. The van der Waals surface area contributed by atoms with Crippen LogP contribution >= 0.6 is 0 Å². The number of hydrogen-bond acceptors (Lipinski definition) is 4. The van der Waals surface area contributed by atoms with Crippen LogP contribution in [-0.4, -0.2) is 35.6 Å². The van der Waals surface area contributed by atoms with Gasteiger partial charge < -0.3 is 10.2 Å². The summed E-state index contributed by atoms with van der Waals surface area (Å²) >= 11 is 0. The lowest BCUT2D eigenvalue weighted by Gasteiger charge is -2.39. The molecule has 4 heteroatoms. The van der Waals surface area contributed by atoms with Crippen LogP contribution in [0.5, 0.6) is 0 Å². The Kier molecular flexibility index (Phi) is 3.33. The van der Waals surface area contributed by atoms with E-state index in [1.54, 1.807) is 0 Å². The van der Waals surface area contributed by atoms with Crippen LogP contribution in [0.1, 0.15) is 31.2 Å². The molecule has 1 aromatic rings. The fraction of sp³-hybridized carbons (Fsp3) is 0.692. The molecule has 0 radical (unpaired) electrons. The largest absolute Gasteiger partial charge is 0.355 e. The van der Waals surface area contributed by atoms with Crippen molar-refractivity contribution in [3.05, 3.63) is 17.6 Å². The molecule has 1 aromatic heterocycles.